The minimum Gasteiger partial charge on any atom is -0.493 e. The SMILES string of the molecule is COc1ccc(CCN(C)CCCC2=CCc3ccccc3C(=O)C2)cc1OC. The highest BCUT2D eigenvalue weighted by molar-refractivity contribution is 5.99. The van der Waals surface area contributed by atoms with Gasteiger partial charge in [-0.25, -0.2) is 0 Å². The van der Waals surface area contributed by atoms with E-state index in [-0.39, 0.29) is 5.78 Å². The molecule has 0 heterocycles. The van der Waals surface area contributed by atoms with Crippen molar-refractivity contribution in [2.75, 3.05) is 34.4 Å². The van der Waals surface area contributed by atoms with Crippen LogP contribution < -0.4 is 9.47 Å². The van der Waals surface area contributed by atoms with Gasteiger partial charge in [0, 0.05) is 18.5 Å². The predicted molar refractivity (Wildman–Crippen MR) is 117 cm³/mol. The number of allylic oxidation sites excluding steroid dienone is 2. The molecule has 0 aliphatic heterocycles. The minimum atomic E-state index is 0.256. The van der Waals surface area contributed by atoms with E-state index in [1.807, 2.05) is 30.3 Å². The van der Waals surface area contributed by atoms with E-state index in [0.29, 0.717) is 6.42 Å². The first-order valence-electron chi connectivity index (χ1n) is 10.3. The zero-order valence-electron chi connectivity index (χ0n) is 17.7. The van der Waals surface area contributed by atoms with Crippen LogP contribution in [0.2, 0.25) is 0 Å². The van der Waals surface area contributed by atoms with Crippen LogP contribution in [0.1, 0.15) is 40.7 Å². The molecule has 29 heavy (non-hydrogen) atoms. The van der Waals surface area contributed by atoms with Crippen LogP contribution in [0.15, 0.2) is 54.1 Å². The third-order valence-corrected chi connectivity index (χ3v) is 5.58. The summed E-state index contributed by atoms with van der Waals surface area (Å²) in [6.07, 6.45) is 6.71. The Balaban J connectivity index is 1.44. The molecule has 0 radical (unpaired) electrons. The molecule has 4 nitrogen and oxygen atoms in total. The monoisotopic (exact) mass is 393 g/mol. The van der Waals surface area contributed by atoms with Gasteiger partial charge in [0.05, 0.1) is 14.2 Å². The van der Waals surface area contributed by atoms with E-state index in [4.69, 9.17) is 9.47 Å². The lowest BCUT2D eigenvalue weighted by Gasteiger charge is -2.17. The topological polar surface area (TPSA) is 38.8 Å². The van der Waals surface area contributed by atoms with Crippen LogP contribution in [0.3, 0.4) is 0 Å². The van der Waals surface area contributed by atoms with Gasteiger partial charge in [0.1, 0.15) is 0 Å². The highest BCUT2D eigenvalue weighted by atomic mass is 16.5. The van der Waals surface area contributed by atoms with Crippen LogP contribution in [0, 0.1) is 0 Å². The molecule has 2 aromatic rings. The molecule has 0 spiro atoms. The average Bonchev–Trinajstić information content (AvgIpc) is 2.91. The van der Waals surface area contributed by atoms with Gasteiger partial charge in [-0.15, -0.1) is 0 Å². The zero-order chi connectivity index (χ0) is 20.6. The second-order valence-electron chi connectivity index (χ2n) is 7.67. The standard InChI is InChI=1S/C25H31NO3/c1-26(16-14-20-11-13-24(28-2)25(18-20)29-3)15-6-7-19-10-12-21-8-4-5-9-22(21)23(27)17-19/h4-5,8-11,13,18H,6-7,12,14-17H2,1-3H3. The summed E-state index contributed by atoms with van der Waals surface area (Å²) in [6, 6.07) is 14.1. The van der Waals surface area contributed by atoms with Gasteiger partial charge in [-0.3, -0.25) is 4.79 Å². The van der Waals surface area contributed by atoms with Crippen molar-refractivity contribution in [1.82, 2.24) is 4.90 Å². The molecule has 0 aromatic heterocycles. The van der Waals surface area contributed by atoms with Gasteiger partial charge < -0.3 is 14.4 Å². The quantitative estimate of drug-likeness (QED) is 0.578. The molecule has 0 saturated heterocycles. The van der Waals surface area contributed by atoms with Crippen molar-refractivity contribution in [3.8, 4) is 11.5 Å². The second kappa shape index (κ2) is 10.3. The maximum atomic E-state index is 12.5. The van der Waals surface area contributed by atoms with Crippen LogP contribution >= 0.6 is 0 Å². The summed E-state index contributed by atoms with van der Waals surface area (Å²) < 4.78 is 10.7. The molecule has 3 rings (SSSR count). The Morgan fingerprint density at radius 1 is 0.966 bits per heavy atom. The molecule has 0 amide bonds. The van der Waals surface area contributed by atoms with Crippen molar-refractivity contribution in [2.24, 2.45) is 0 Å². The summed E-state index contributed by atoms with van der Waals surface area (Å²) in [4.78, 5) is 14.9. The molecule has 0 N–H and O–H groups in total. The summed E-state index contributed by atoms with van der Waals surface area (Å²) in [6.45, 7) is 2.00. The Morgan fingerprint density at radius 2 is 1.76 bits per heavy atom. The Bertz CT molecular complexity index is 872. The van der Waals surface area contributed by atoms with E-state index in [1.165, 1.54) is 11.1 Å². The molecular formula is C25H31NO3. The van der Waals surface area contributed by atoms with E-state index in [0.717, 1.165) is 61.4 Å². The Hall–Kier alpha value is -2.59. The van der Waals surface area contributed by atoms with Crippen LogP contribution in [-0.2, 0) is 12.8 Å². The van der Waals surface area contributed by atoms with E-state index < -0.39 is 0 Å². The number of carbonyl (C=O) groups excluding carboxylic acids is 1. The number of hydrogen-bond donors (Lipinski definition) is 0. The molecule has 1 aliphatic rings. The number of likely N-dealkylation sites (N-methyl/N-ethyl adjacent to an activating group) is 1. The van der Waals surface area contributed by atoms with E-state index >= 15 is 0 Å². The Kier molecular flexibility index (Phi) is 7.48. The van der Waals surface area contributed by atoms with Crippen molar-refractivity contribution in [3.05, 3.63) is 70.8 Å². The first-order valence-corrected chi connectivity index (χ1v) is 10.3. The number of hydrogen-bond acceptors (Lipinski definition) is 4. The smallest absolute Gasteiger partial charge is 0.167 e. The maximum absolute atomic E-state index is 12.5. The number of fused-ring (bicyclic) bond motifs is 1. The van der Waals surface area contributed by atoms with E-state index in [1.54, 1.807) is 14.2 Å². The van der Waals surface area contributed by atoms with Gasteiger partial charge in [0.25, 0.3) is 0 Å². The number of methoxy groups -OCH3 is 2. The van der Waals surface area contributed by atoms with Crippen molar-refractivity contribution < 1.29 is 14.3 Å². The number of ether oxygens (including phenoxy) is 2. The van der Waals surface area contributed by atoms with E-state index in [9.17, 15) is 4.79 Å². The van der Waals surface area contributed by atoms with Crippen LogP contribution in [-0.4, -0.2) is 45.0 Å². The lowest BCUT2D eigenvalue weighted by molar-refractivity contribution is 0.0992. The lowest BCUT2D eigenvalue weighted by Crippen LogP contribution is -2.22. The predicted octanol–water partition coefficient (Wildman–Crippen LogP) is 4.71. The number of rotatable bonds is 9. The Labute approximate surface area is 174 Å². The summed E-state index contributed by atoms with van der Waals surface area (Å²) >= 11 is 0. The molecule has 1 aliphatic carbocycles. The third-order valence-electron chi connectivity index (χ3n) is 5.58. The first kappa shape index (κ1) is 21.1. The fourth-order valence-electron chi connectivity index (χ4n) is 3.83. The number of carbonyl (C=O) groups is 1. The lowest BCUT2D eigenvalue weighted by atomic mass is 10.0. The van der Waals surface area contributed by atoms with Crippen molar-refractivity contribution in [2.45, 2.75) is 32.1 Å². The van der Waals surface area contributed by atoms with Crippen LogP contribution in [0.4, 0.5) is 0 Å². The zero-order valence-corrected chi connectivity index (χ0v) is 17.7. The number of ketones is 1. The molecule has 4 heteroatoms. The number of Topliss-reactive ketones (excluding diaryl/α,β-unsaturated/α-hetero) is 1. The Morgan fingerprint density at radius 3 is 2.55 bits per heavy atom. The highest BCUT2D eigenvalue weighted by Gasteiger charge is 2.16. The van der Waals surface area contributed by atoms with Crippen LogP contribution in [0.25, 0.3) is 0 Å². The van der Waals surface area contributed by atoms with Gasteiger partial charge in [-0.2, -0.15) is 0 Å². The van der Waals surface area contributed by atoms with Gasteiger partial charge >= 0.3 is 0 Å². The second-order valence-corrected chi connectivity index (χ2v) is 7.67. The molecular weight excluding hydrogens is 362 g/mol. The molecule has 0 saturated carbocycles. The average molecular weight is 394 g/mol. The summed E-state index contributed by atoms with van der Waals surface area (Å²) in [5.41, 5.74) is 4.56. The summed E-state index contributed by atoms with van der Waals surface area (Å²) in [7, 11) is 5.48. The summed E-state index contributed by atoms with van der Waals surface area (Å²) in [5.74, 6) is 1.79. The fourth-order valence-corrected chi connectivity index (χ4v) is 3.83. The van der Waals surface area contributed by atoms with Crippen molar-refractivity contribution in [3.63, 3.8) is 0 Å². The molecule has 0 bridgehead atoms. The first-order chi connectivity index (χ1) is 14.1. The largest absolute Gasteiger partial charge is 0.493 e. The number of nitrogens with zero attached hydrogens (tertiary/aromatic N) is 1. The third kappa shape index (κ3) is 5.70. The fraction of sp³-hybridized carbons (Fsp3) is 0.400. The maximum Gasteiger partial charge on any atom is 0.167 e. The molecule has 154 valence electrons. The summed E-state index contributed by atoms with van der Waals surface area (Å²) in [5, 5.41) is 0. The minimum absolute atomic E-state index is 0.256. The highest BCUT2D eigenvalue weighted by Crippen LogP contribution is 2.28. The molecule has 0 unspecified atom stereocenters. The van der Waals surface area contributed by atoms with Gasteiger partial charge in [-0.1, -0.05) is 42.0 Å². The molecule has 0 fully saturated rings. The normalized spacial score (nSPS) is 13.7. The van der Waals surface area contributed by atoms with Gasteiger partial charge in [-0.05, 0) is 62.5 Å². The molecule has 2 aromatic carbocycles. The van der Waals surface area contributed by atoms with Crippen molar-refractivity contribution >= 4 is 5.78 Å². The van der Waals surface area contributed by atoms with Gasteiger partial charge in [0.15, 0.2) is 17.3 Å². The van der Waals surface area contributed by atoms with E-state index in [2.05, 4.69) is 30.2 Å². The molecule has 0 atom stereocenters. The van der Waals surface area contributed by atoms with Gasteiger partial charge in [0.2, 0.25) is 0 Å². The van der Waals surface area contributed by atoms with Crippen LogP contribution in [0.5, 0.6) is 11.5 Å². The van der Waals surface area contributed by atoms with Crippen molar-refractivity contribution in [1.29, 1.82) is 0 Å². The number of benzene rings is 2.